The van der Waals surface area contributed by atoms with E-state index in [0.29, 0.717) is 28.3 Å². The Bertz CT molecular complexity index is 1080. The van der Waals surface area contributed by atoms with Gasteiger partial charge in [0, 0.05) is 18.7 Å². The summed E-state index contributed by atoms with van der Waals surface area (Å²) in [5.41, 5.74) is 1.54. The van der Waals surface area contributed by atoms with Crippen LogP contribution in [-0.4, -0.2) is 45.8 Å². The SMILES string of the molecule is CCN1C(=O)C(CC(=O)Nc2ccc(OC)cc2)SC1=Nc1nc2ccccc2s1. The molecule has 1 atom stereocenters. The first-order valence-corrected chi connectivity index (χ1v) is 11.1. The van der Waals surface area contributed by atoms with Gasteiger partial charge < -0.3 is 10.1 Å². The fourth-order valence-corrected chi connectivity index (χ4v) is 5.16. The molecule has 154 valence electrons. The van der Waals surface area contributed by atoms with Crippen molar-refractivity contribution in [2.75, 3.05) is 19.0 Å². The van der Waals surface area contributed by atoms with E-state index >= 15 is 0 Å². The summed E-state index contributed by atoms with van der Waals surface area (Å²) in [4.78, 5) is 36.0. The van der Waals surface area contributed by atoms with Gasteiger partial charge in [-0.2, -0.15) is 4.99 Å². The fourth-order valence-electron chi connectivity index (χ4n) is 3.06. The number of thiazole rings is 1. The normalized spacial score (nSPS) is 17.7. The van der Waals surface area contributed by atoms with Gasteiger partial charge in [0.15, 0.2) is 5.17 Å². The van der Waals surface area contributed by atoms with E-state index in [9.17, 15) is 9.59 Å². The number of amidine groups is 1. The number of thioether (sulfide) groups is 1. The predicted molar refractivity (Wildman–Crippen MR) is 122 cm³/mol. The maximum Gasteiger partial charge on any atom is 0.242 e. The molecule has 9 heteroatoms. The topological polar surface area (TPSA) is 83.9 Å². The van der Waals surface area contributed by atoms with Crippen LogP contribution in [0.3, 0.4) is 0 Å². The summed E-state index contributed by atoms with van der Waals surface area (Å²) in [5, 5.41) is 3.52. The molecule has 1 aliphatic rings. The molecule has 1 N–H and O–H groups in total. The number of methoxy groups -OCH3 is 1. The number of hydrogen-bond acceptors (Lipinski definition) is 7. The van der Waals surface area contributed by atoms with Crippen LogP contribution in [0, 0.1) is 0 Å². The van der Waals surface area contributed by atoms with E-state index in [0.717, 1.165) is 10.2 Å². The molecule has 4 rings (SSSR count). The Morgan fingerprint density at radius 1 is 1.23 bits per heavy atom. The molecular weight excluding hydrogens is 420 g/mol. The van der Waals surface area contributed by atoms with E-state index in [1.54, 1.807) is 36.3 Å². The number of benzene rings is 2. The lowest BCUT2D eigenvalue weighted by atomic mass is 10.2. The molecule has 3 aromatic rings. The van der Waals surface area contributed by atoms with Gasteiger partial charge in [0.25, 0.3) is 0 Å². The van der Waals surface area contributed by atoms with E-state index in [1.165, 1.54) is 23.1 Å². The van der Waals surface area contributed by atoms with E-state index in [4.69, 9.17) is 4.74 Å². The minimum atomic E-state index is -0.503. The van der Waals surface area contributed by atoms with Gasteiger partial charge in [-0.25, -0.2) is 4.98 Å². The Morgan fingerprint density at radius 2 is 2.00 bits per heavy atom. The third-order valence-corrected chi connectivity index (χ3v) is 6.66. The lowest BCUT2D eigenvalue weighted by molar-refractivity contribution is -0.128. The maximum absolute atomic E-state index is 12.8. The number of carbonyl (C=O) groups excluding carboxylic acids is 2. The number of rotatable bonds is 6. The summed E-state index contributed by atoms with van der Waals surface area (Å²) >= 11 is 2.79. The van der Waals surface area contributed by atoms with Gasteiger partial charge in [-0.05, 0) is 43.3 Å². The highest BCUT2D eigenvalue weighted by atomic mass is 32.2. The third-order valence-electron chi connectivity index (χ3n) is 4.55. The molecule has 2 amide bonds. The van der Waals surface area contributed by atoms with Crippen LogP contribution in [0.15, 0.2) is 53.5 Å². The van der Waals surface area contributed by atoms with Crippen LogP contribution in [0.2, 0.25) is 0 Å². The first-order chi connectivity index (χ1) is 14.6. The molecule has 0 spiro atoms. The third kappa shape index (κ3) is 4.31. The standard InChI is InChI=1S/C21H20N4O3S2/c1-3-25-19(27)17(12-18(26)22-13-8-10-14(28-2)11-9-13)30-21(25)24-20-23-15-6-4-5-7-16(15)29-20/h4-11,17H,3,12H2,1-2H3,(H,22,26). The molecule has 0 bridgehead atoms. The molecule has 2 heterocycles. The van der Waals surface area contributed by atoms with Crippen LogP contribution >= 0.6 is 23.1 Å². The number of ether oxygens (including phenoxy) is 1. The number of aliphatic imine (C=N–C) groups is 1. The molecule has 1 fully saturated rings. The van der Waals surface area contributed by atoms with Crippen molar-refractivity contribution in [3.8, 4) is 5.75 Å². The highest BCUT2D eigenvalue weighted by molar-refractivity contribution is 8.15. The van der Waals surface area contributed by atoms with Crippen LogP contribution in [0.1, 0.15) is 13.3 Å². The van der Waals surface area contributed by atoms with E-state index in [2.05, 4.69) is 15.3 Å². The van der Waals surface area contributed by atoms with Gasteiger partial charge in [-0.15, -0.1) is 0 Å². The number of nitrogens with zero attached hydrogens (tertiary/aromatic N) is 3. The van der Waals surface area contributed by atoms with E-state index < -0.39 is 5.25 Å². The Labute approximate surface area is 182 Å². The van der Waals surface area contributed by atoms with Crippen molar-refractivity contribution in [2.45, 2.75) is 18.6 Å². The number of aromatic nitrogens is 1. The molecule has 1 aliphatic heterocycles. The molecule has 2 aromatic carbocycles. The number of hydrogen-bond donors (Lipinski definition) is 1. The highest BCUT2D eigenvalue weighted by Crippen LogP contribution is 2.34. The zero-order valence-corrected chi connectivity index (χ0v) is 18.1. The number of para-hydroxylation sites is 1. The number of anilines is 1. The van der Waals surface area contributed by atoms with Crippen LogP contribution in [0.5, 0.6) is 5.75 Å². The van der Waals surface area contributed by atoms with Crippen molar-refractivity contribution in [3.05, 3.63) is 48.5 Å². The molecule has 0 aliphatic carbocycles. The zero-order valence-electron chi connectivity index (χ0n) is 16.5. The van der Waals surface area contributed by atoms with Gasteiger partial charge in [0.05, 0.1) is 17.3 Å². The quantitative estimate of drug-likeness (QED) is 0.618. The van der Waals surface area contributed by atoms with Crippen molar-refractivity contribution in [3.63, 3.8) is 0 Å². The molecule has 30 heavy (non-hydrogen) atoms. The van der Waals surface area contributed by atoms with Crippen LogP contribution < -0.4 is 10.1 Å². The summed E-state index contributed by atoms with van der Waals surface area (Å²) in [6.45, 7) is 2.39. The average molecular weight is 441 g/mol. The first kappa shape index (κ1) is 20.4. The average Bonchev–Trinajstić information content (AvgIpc) is 3.28. The predicted octanol–water partition coefficient (Wildman–Crippen LogP) is 4.29. The zero-order chi connectivity index (χ0) is 21.1. The minimum absolute atomic E-state index is 0.0743. The first-order valence-electron chi connectivity index (χ1n) is 9.43. The molecule has 7 nitrogen and oxygen atoms in total. The summed E-state index contributed by atoms with van der Waals surface area (Å²) in [6, 6.07) is 14.9. The molecule has 0 saturated carbocycles. The van der Waals surface area contributed by atoms with Crippen LogP contribution in [-0.2, 0) is 9.59 Å². The second kappa shape index (κ2) is 8.85. The summed E-state index contributed by atoms with van der Waals surface area (Å²) in [7, 11) is 1.59. The van der Waals surface area contributed by atoms with Gasteiger partial charge in [-0.1, -0.05) is 35.2 Å². The molecule has 0 radical (unpaired) electrons. The number of nitrogens with one attached hydrogen (secondary N) is 1. The lowest BCUT2D eigenvalue weighted by Crippen LogP contribution is -2.33. The van der Waals surface area contributed by atoms with Crippen LogP contribution in [0.4, 0.5) is 10.8 Å². The van der Waals surface area contributed by atoms with Crippen LogP contribution in [0.25, 0.3) is 10.2 Å². The van der Waals surface area contributed by atoms with E-state index in [-0.39, 0.29) is 18.2 Å². The largest absolute Gasteiger partial charge is 0.497 e. The van der Waals surface area contributed by atoms with Crippen molar-refractivity contribution in [1.29, 1.82) is 0 Å². The number of carbonyl (C=O) groups is 2. The van der Waals surface area contributed by atoms with Gasteiger partial charge in [-0.3, -0.25) is 14.5 Å². The summed E-state index contributed by atoms with van der Waals surface area (Å²) < 4.78 is 6.16. The Morgan fingerprint density at radius 3 is 2.70 bits per heavy atom. The van der Waals surface area contributed by atoms with Crippen molar-refractivity contribution in [2.24, 2.45) is 4.99 Å². The number of fused-ring (bicyclic) bond motifs is 1. The summed E-state index contributed by atoms with van der Waals surface area (Å²) in [6.07, 6.45) is 0.0743. The fraction of sp³-hybridized carbons (Fsp3) is 0.238. The van der Waals surface area contributed by atoms with Gasteiger partial charge in [0.1, 0.15) is 11.0 Å². The second-order valence-electron chi connectivity index (χ2n) is 6.53. The molecule has 1 unspecified atom stereocenters. The minimum Gasteiger partial charge on any atom is -0.497 e. The van der Waals surface area contributed by atoms with Crippen molar-refractivity contribution in [1.82, 2.24) is 9.88 Å². The Hall–Kier alpha value is -2.91. The molecule has 1 saturated heterocycles. The van der Waals surface area contributed by atoms with Gasteiger partial charge >= 0.3 is 0 Å². The van der Waals surface area contributed by atoms with Gasteiger partial charge in [0.2, 0.25) is 16.9 Å². The summed E-state index contributed by atoms with van der Waals surface area (Å²) in [5.74, 6) is 0.388. The molecular formula is C21H20N4O3S2. The molecule has 1 aromatic heterocycles. The highest BCUT2D eigenvalue weighted by Gasteiger charge is 2.38. The van der Waals surface area contributed by atoms with Crippen molar-refractivity contribution >= 4 is 61.1 Å². The number of amides is 2. The van der Waals surface area contributed by atoms with Crippen molar-refractivity contribution < 1.29 is 14.3 Å². The van der Waals surface area contributed by atoms with E-state index in [1.807, 2.05) is 31.2 Å². The Kier molecular flexibility index (Phi) is 6.01. The lowest BCUT2D eigenvalue weighted by Gasteiger charge is -2.13. The Balaban J connectivity index is 1.46. The maximum atomic E-state index is 12.8. The smallest absolute Gasteiger partial charge is 0.242 e. The monoisotopic (exact) mass is 440 g/mol. The second-order valence-corrected chi connectivity index (χ2v) is 8.71.